The molecule has 1 nitrogen and oxygen atoms in total. The summed E-state index contributed by atoms with van der Waals surface area (Å²) < 4.78 is 1.34. The molecular weight excluding hydrogens is 273 g/mol. The van der Waals surface area contributed by atoms with Crippen LogP contribution in [0.25, 0.3) is 0 Å². The maximum absolute atomic E-state index is 5.75. The lowest BCUT2D eigenvalue weighted by Gasteiger charge is -2.24. The van der Waals surface area contributed by atoms with Crippen LogP contribution in [0.3, 0.4) is 0 Å². The van der Waals surface area contributed by atoms with Crippen LogP contribution in [0.15, 0.2) is 18.2 Å². The van der Waals surface area contributed by atoms with E-state index in [1.807, 2.05) is 0 Å². The van der Waals surface area contributed by atoms with Crippen LogP contribution < -0.4 is 5.73 Å². The number of hydrogen-bond acceptors (Lipinski definition) is 1. The van der Waals surface area contributed by atoms with E-state index in [2.05, 4.69) is 40.8 Å². The SMILES string of the molecule is NCC1CCCc2cc(I)ccc21. The van der Waals surface area contributed by atoms with Gasteiger partial charge in [-0.25, -0.2) is 0 Å². The minimum Gasteiger partial charge on any atom is -0.330 e. The summed E-state index contributed by atoms with van der Waals surface area (Å²) in [6.45, 7) is 0.799. The number of fused-ring (bicyclic) bond motifs is 1. The topological polar surface area (TPSA) is 26.0 Å². The number of aryl methyl sites for hydroxylation is 1. The van der Waals surface area contributed by atoms with Gasteiger partial charge in [0.05, 0.1) is 0 Å². The summed E-state index contributed by atoms with van der Waals surface area (Å²) in [5.41, 5.74) is 8.77. The van der Waals surface area contributed by atoms with Gasteiger partial charge < -0.3 is 5.73 Å². The Bertz CT molecular complexity index is 309. The van der Waals surface area contributed by atoms with Crippen molar-refractivity contribution in [3.8, 4) is 0 Å². The molecule has 1 aliphatic carbocycles. The standard InChI is InChI=1S/C11H14IN/c12-10-4-5-11-8(6-10)2-1-3-9(11)7-13/h4-6,9H,1-3,7,13H2. The highest BCUT2D eigenvalue weighted by Gasteiger charge is 2.18. The molecule has 2 rings (SSSR count). The highest BCUT2D eigenvalue weighted by molar-refractivity contribution is 14.1. The first-order valence-corrected chi connectivity index (χ1v) is 5.87. The monoisotopic (exact) mass is 287 g/mol. The molecule has 2 heteroatoms. The summed E-state index contributed by atoms with van der Waals surface area (Å²) in [4.78, 5) is 0. The van der Waals surface area contributed by atoms with Crippen molar-refractivity contribution in [1.29, 1.82) is 0 Å². The van der Waals surface area contributed by atoms with Crippen LogP contribution in [0.5, 0.6) is 0 Å². The zero-order chi connectivity index (χ0) is 9.26. The zero-order valence-electron chi connectivity index (χ0n) is 7.59. The highest BCUT2D eigenvalue weighted by atomic mass is 127. The minimum absolute atomic E-state index is 0.612. The van der Waals surface area contributed by atoms with Gasteiger partial charge in [0.25, 0.3) is 0 Å². The van der Waals surface area contributed by atoms with Crippen LogP contribution in [-0.4, -0.2) is 6.54 Å². The molecule has 0 amide bonds. The lowest BCUT2D eigenvalue weighted by Crippen LogP contribution is -2.18. The van der Waals surface area contributed by atoms with E-state index in [1.54, 1.807) is 0 Å². The van der Waals surface area contributed by atoms with Gasteiger partial charge >= 0.3 is 0 Å². The predicted octanol–water partition coefficient (Wildman–Crippen LogP) is 2.67. The Morgan fingerprint density at radius 1 is 1.46 bits per heavy atom. The average molecular weight is 287 g/mol. The summed E-state index contributed by atoms with van der Waals surface area (Å²) in [5.74, 6) is 0.612. The average Bonchev–Trinajstić information content (AvgIpc) is 2.16. The Labute approximate surface area is 92.9 Å². The first-order chi connectivity index (χ1) is 6.31. The number of nitrogens with two attached hydrogens (primary N) is 1. The quantitative estimate of drug-likeness (QED) is 0.790. The second-order valence-corrected chi connectivity index (χ2v) is 4.91. The predicted molar refractivity (Wildman–Crippen MR) is 63.9 cm³/mol. The van der Waals surface area contributed by atoms with Gasteiger partial charge in [-0.15, -0.1) is 0 Å². The maximum Gasteiger partial charge on any atom is 0.0133 e. The van der Waals surface area contributed by atoms with E-state index in [9.17, 15) is 0 Å². The van der Waals surface area contributed by atoms with Crippen molar-refractivity contribution in [1.82, 2.24) is 0 Å². The molecular formula is C11H14IN. The van der Waals surface area contributed by atoms with Gasteiger partial charge in [-0.05, 0) is 77.6 Å². The van der Waals surface area contributed by atoms with Crippen LogP contribution in [0.4, 0.5) is 0 Å². The van der Waals surface area contributed by atoms with Crippen molar-refractivity contribution >= 4 is 22.6 Å². The van der Waals surface area contributed by atoms with Crippen LogP contribution in [-0.2, 0) is 6.42 Å². The van der Waals surface area contributed by atoms with Crippen molar-refractivity contribution < 1.29 is 0 Å². The van der Waals surface area contributed by atoms with Gasteiger partial charge in [-0.1, -0.05) is 6.07 Å². The maximum atomic E-state index is 5.75. The Balaban J connectivity index is 2.40. The van der Waals surface area contributed by atoms with E-state index in [-0.39, 0.29) is 0 Å². The van der Waals surface area contributed by atoms with Gasteiger partial charge in [-0.3, -0.25) is 0 Å². The summed E-state index contributed by atoms with van der Waals surface area (Å²) in [7, 11) is 0. The van der Waals surface area contributed by atoms with E-state index in [1.165, 1.54) is 34.0 Å². The molecule has 0 fully saturated rings. The third-order valence-corrected chi connectivity index (χ3v) is 3.50. The Kier molecular flexibility index (Phi) is 2.89. The molecule has 1 atom stereocenters. The van der Waals surface area contributed by atoms with E-state index < -0.39 is 0 Å². The largest absolute Gasteiger partial charge is 0.330 e. The minimum atomic E-state index is 0.612. The second kappa shape index (κ2) is 3.96. The highest BCUT2D eigenvalue weighted by Crippen LogP contribution is 2.31. The molecule has 1 aliphatic rings. The smallest absolute Gasteiger partial charge is 0.0133 e. The van der Waals surface area contributed by atoms with Crippen LogP contribution in [0.2, 0.25) is 0 Å². The Morgan fingerprint density at radius 2 is 2.31 bits per heavy atom. The molecule has 0 saturated heterocycles. The lowest BCUT2D eigenvalue weighted by atomic mass is 9.83. The van der Waals surface area contributed by atoms with E-state index in [0.717, 1.165) is 6.54 Å². The van der Waals surface area contributed by atoms with Crippen molar-refractivity contribution in [2.24, 2.45) is 5.73 Å². The van der Waals surface area contributed by atoms with E-state index in [0.29, 0.717) is 5.92 Å². The summed E-state index contributed by atoms with van der Waals surface area (Å²) >= 11 is 2.37. The molecule has 0 heterocycles. The number of benzene rings is 1. The van der Waals surface area contributed by atoms with Crippen LogP contribution in [0.1, 0.15) is 29.9 Å². The second-order valence-electron chi connectivity index (χ2n) is 3.67. The molecule has 1 aromatic carbocycles. The molecule has 70 valence electrons. The zero-order valence-corrected chi connectivity index (χ0v) is 9.75. The lowest BCUT2D eigenvalue weighted by molar-refractivity contribution is 0.560. The molecule has 0 saturated carbocycles. The summed E-state index contributed by atoms with van der Waals surface area (Å²) in [6, 6.07) is 6.75. The number of hydrogen-bond donors (Lipinski definition) is 1. The fraction of sp³-hybridized carbons (Fsp3) is 0.455. The van der Waals surface area contributed by atoms with Crippen LogP contribution >= 0.6 is 22.6 Å². The third-order valence-electron chi connectivity index (χ3n) is 2.83. The molecule has 0 aliphatic heterocycles. The number of rotatable bonds is 1. The normalized spacial score (nSPS) is 21.2. The first-order valence-electron chi connectivity index (χ1n) is 4.79. The van der Waals surface area contributed by atoms with Crippen molar-refractivity contribution in [2.75, 3.05) is 6.54 Å². The molecule has 0 aromatic heterocycles. The molecule has 1 aromatic rings. The molecule has 13 heavy (non-hydrogen) atoms. The fourth-order valence-electron chi connectivity index (χ4n) is 2.13. The molecule has 2 N–H and O–H groups in total. The number of halogens is 1. The summed E-state index contributed by atoms with van der Waals surface area (Å²) in [5, 5.41) is 0. The van der Waals surface area contributed by atoms with E-state index >= 15 is 0 Å². The first kappa shape index (κ1) is 9.46. The Morgan fingerprint density at radius 3 is 3.08 bits per heavy atom. The molecule has 0 radical (unpaired) electrons. The van der Waals surface area contributed by atoms with Gasteiger partial charge in [-0.2, -0.15) is 0 Å². The van der Waals surface area contributed by atoms with Crippen LogP contribution in [0, 0.1) is 3.57 Å². The Hall–Kier alpha value is -0.0900. The fourth-order valence-corrected chi connectivity index (χ4v) is 2.68. The summed E-state index contributed by atoms with van der Waals surface area (Å²) in [6.07, 6.45) is 3.81. The molecule has 1 unspecified atom stereocenters. The van der Waals surface area contributed by atoms with Crippen molar-refractivity contribution in [3.63, 3.8) is 0 Å². The van der Waals surface area contributed by atoms with Gasteiger partial charge in [0.15, 0.2) is 0 Å². The van der Waals surface area contributed by atoms with Gasteiger partial charge in [0.1, 0.15) is 0 Å². The van der Waals surface area contributed by atoms with Crippen molar-refractivity contribution in [3.05, 3.63) is 32.9 Å². The van der Waals surface area contributed by atoms with Gasteiger partial charge in [0, 0.05) is 3.57 Å². The van der Waals surface area contributed by atoms with Gasteiger partial charge in [0.2, 0.25) is 0 Å². The third kappa shape index (κ3) is 1.89. The van der Waals surface area contributed by atoms with E-state index in [4.69, 9.17) is 5.73 Å². The molecule has 0 bridgehead atoms. The molecule has 0 spiro atoms. The van der Waals surface area contributed by atoms with Crippen molar-refractivity contribution in [2.45, 2.75) is 25.2 Å².